The Kier molecular flexibility index (Phi) is 5.38. The van der Waals surface area contributed by atoms with Gasteiger partial charge in [-0.25, -0.2) is 0 Å². The number of rotatable bonds is 6. The van der Waals surface area contributed by atoms with E-state index in [1.165, 1.54) is 16.2 Å². The van der Waals surface area contributed by atoms with Gasteiger partial charge < -0.3 is 23.8 Å². The number of hydrogen-bond acceptors (Lipinski definition) is 4. The van der Waals surface area contributed by atoms with E-state index in [9.17, 15) is 0 Å². The summed E-state index contributed by atoms with van der Waals surface area (Å²) in [7, 11) is 8.81. The molecule has 0 saturated heterocycles. The second-order valence-electron chi connectivity index (χ2n) is 6.30. The van der Waals surface area contributed by atoms with Crippen molar-refractivity contribution in [3.8, 4) is 23.0 Å². The van der Waals surface area contributed by atoms with Gasteiger partial charge in [0, 0.05) is 6.42 Å². The van der Waals surface area contributed by atoms with Crippen molar-refractivity contribution in [1.82, 2.24) is 0 Å². The Bertz CT molecular complexity index is 903. The molecule has 0 spiro atoms. The minimum absolute atomic E-state index is 0.629. The summed E-state index contributed by atoms with van der Waals surface area (Å²) in [6.45, 7) is 0.914. The van der Waals surface area contributed by atoms with Crippen LogP contribution in [0.1, 0.15) is 5.56 Å². The topological polar surface area (TPSA) is 41.4 Å². The summed E-state index contributed by atoms with van der Waals surface area (Å²) < 4.78 is 22.1. The van der Waals surface area contributed by atoms with E-state index in [2.05, 4.69) is 25.3 Å². The first-order valence-electron chi connectivity index (χ1n) is 8.61. The van der Waals surface area contributed by atoms with Crippen molar-refractivity contribution in [1.29, 1.82) is 0 Å². The van der Waals surface area contributed by atoms with Crippen LogP contribution in [0.5, 0.6) is 23.0 Å². The molecule has 0 aromatic heterocycles. The molecule has 5 nitrogen and oxygen atoms in total. The summed E-state index contributed by atoms with van der Waals surface area (Å²) >= 11 is 0. The predicted molar refractivity (Wildman–Crippen MR) is 102 cm³/mol. The fourth-order valence-corrected chi connectivity index (χ4v) is 3.43. The van der Waals surface area contributed by atoms with Crippen molar-refractivity contribution in [3.05, 3.63) is 46.3 Å². The third kappa shape index (κ3) is 3.22. The average Bonchev–Trinajstić information content (AvgIpc) is 2.68. The zero-order valence-electron chi connectivity index (χ0n) is 16.0. The Hall–Kier alpha value is -2.66. The Labute approximate surface area is 154 Å². The van der Waals surface area contributed by atoms with Gasteiger partial charge in [0.25, 0.3) is 0 Å². The zero-order chi connectivity index (χ0) is 18.7. The van der Waals surface area contributed by atoms with Gasteiger partial charge in [0.1, 0.15) is 18.0 Å². The van der Waals surface area contributed by atoms with E-state index in [1.807, 2.05) is 18.2 Å². The second kappa shape index (κ2) is 7.70. The molecule has 1 atom stereocenters. The molecule has 0 aliphatic carbocycles. The van der Waals surface area contributed by atoms with Crippen LogP contribution in [-0.4, -0.2) is 42.0 Å². The van der Waals surface area contributed by atoms with E-state index in [0.29, 0.717) is 11.5 Å². The minimum Gasteiger partial charge on any atom is -0.497 e. The molecule has 5 heteroatoms. The molecule has 0 radical (unpaired) electrons. The van der Waals surface area contributed by atoms with Crippen LogP contribution in [0.4, 0.5) is 0 Å². The van der Waals surface area contributed by atoms with Crippen LogP contribution in [0.15, 0.2) is 30.3 Å². The highest BCUT2D eigenvalue weighted by Crippen LogP contribution is 2.32. The smallest absolute Gasteiger partial charge is 0.204 e. The van der Waals surface area contributed by atoms with Gasteiger partial charge in [-0.3, -0.25) is 0 Å². The Morgan fingerprint density at radius 2 is 1.58 bits per heavy atom. The van der Waals surface area contributed by atoms with Gasteiger partial charge in [0.2, 0.25) is 5.75 Å². The highest BCUT2D eigenvalue weighted by atomic mass is 16.5. The maximum Gasteiger partial charge on any atom is 0.204 e. The van der Waals surface area contributed by atoms with Crippen LogP contribution in [-0.2, 0) is 6.42 Å². The highest BCUT2D eigenvalue weighted by Gasteiger charge is 2.23. The predicted octanol–water partition coefficient (Wildman–Crippen LogP) is 0.381. The van der Waals surface area contributed by atoms with Gasteiger partial charge in [-0.1, -0.05) is 12.1 Å². The molecule has 1 aliphatic rings. The van der Waals surface area contributed by atoms with Crippen molar-refractivity contribution < 1.29 is 23.8 Å². The molecule has 1 aliphatic heterocycles. The van der Waals surface area contributed by atoms with E-state index in [0.717, 1.165) is 34.9 Å². The van der Waals surface area contributed by atoms with Crippen molar-refractivity contribution in [3.63, 3.8) is 0 Å². The van der Waals surface area contributed by atoms with Gasteiger partial charge in [-0.2, -0.15) is 0 Å². The van der Waals surface area contributed by atoms with Crippen molar-refractivity contribution >= 4 is 11.8 Å². The summed E-state index contributed by atoms with van der Waals surface area (Å²) in [5.41, 5.74) is 2.50. The van der Waals surface area contributed by atoms with Gasteiger partial charge in [-0.05, 0) is 35.1 Å². The van der Waals surface area contributed by atoms with Crippen LogP contribution in [0.25, 0.3) is 11.8 Å². The van der Waals surface area contributed by atoms with Crippen molar-refractivity contribution in [2.75, 3.05) is 42.0 Å². The quantitative estimate of drug-likeness (QED) is 0.813. The standard InChI is InChI=1S/C21H25NO4/c1-22-11-10-15-13-18(24-3)20(25-4)21(26-5)19(15)17(22)12-14-6-8-16(23-2)9-7-14/h6-10,13H,11-12H2,1-5H3/p+1. The molecule has 26 heavy (non-hydrogen) atoms. The minimum atomic E-state index is 0.629. The van der Waals surface area contributed by atoms with E-state index >= 15 is 0 Å². The lowest BCUT2D eigenvalue weighted by atomic mass is 10.0. The Morgan fingerprint density at radius 3 is 2.15 bits per heavy atom. The van der Waals surface area contributed by atoms with Gasteiger partial charge in [-0.15, -0.1) is 0 Å². The van der Waals surface area contributed by atoms with E-state index < -0.39 is 0 Å². The first kappa shape index (κ1) is 18.1. The number of quaternary nitrogens is 1. The van der Waals surface area contributed by atoms with E-state index in [1.54, 1.807) is 28.4 Å². The van der Waals surface area contributed by atoms with Crippen LogP contribution in [0, 0.1) is 0 Å². The number of hydrogen-bond donors (Lipinski definition) is 1. The summed E-state index contributed by atoms with van der Waals surface area (Å²) in [4.78, 5) is 1.33. The second-order valence-corrected chi connectivity index (χ2v) is 6.30. The molecule has 3 rings (SSSR count). The molecule has 0 saturated carbocycles. The van der Waals surface area contributed by atoms with Crippen LogP contribution in [0.3, 0.4) is 0 Å². The number of benzene rings is 2. The van der Waals surface area contributed by atoms with Gasteiger partial charge >= 0.3 is 0 Å². The lowest BCUT2D eigenvalue weighted by Gasteiger charge is -2.22. The van der Waals surface area contributed by atoms with E-state index in [-0.39, 0.29) is 0 Å². The summed E-state index contributed by atoms with van der Waals surface area (Å²) in [6, 6.07) is 10.2. The molecular weight excluding hydrogens is 330 g/mol. The Morgan fingerprint density at radius 1 is 0.885 bits per heavy atom. The Balaban J connectivity index is 2.22. The number of nitrogens with one attached hydrogen (secondary N) is 1. The maximum atomic E-state index is 5.75. The molecule has 2 aromatic rings. The first-order chi connectivity index (χ1) is 12.6. The van der Waals surface area contributed by atoms with E-state index in [4.69, 9.17) is 18.9 Å². The van der Waals surface area contributed by atoms with Crippen LogP contribution >= 0.6 is 0 Å². The lowest BCUT2D eigenvalue weighted by Crippen LogP contribution is -3.08. The van der Waals surface area contributed by atoms with Gasteiger partial charge in [0.05, 0.1) is 40.7 Å². The zero-order valence-corrected chi connectivity index (χ0v) is 16.0. The molecule has 1 unspecified atom stereocenters. The fourth-order valence-electron chi connectivity index (χ4n) is 3.43. The summed E-state index contributed by atoms with van der Waals surface area (Å²) in [5, 5.41) is 2.21. The molecule has 0 fully saturated rings. The SMILES string of the molecule is COc1ccc(CC2=c3c(OC)c(OC)c(OC)cc3=CC[NH+]2C)cc1. The number of likely N-dealkylation sites (N-methyl/N-ethyl adjacent to an activating group) is 1. The largest absolute Gasteiger partial charge is 0.497 e. The highest BCUT2D eigenvalue weighted by molar-refractivity contribution is 5.60. The lowest BCUT2D eigenvalue weighted by molar-refractivity contribution is -0.797. The molecule has 2 aromatic carbocycles. The monoisotopic (exact) mass is 356 g/mol. The number of fused-ring (bicyclic) bond motifs is 1. The van der Waals surface area contributed by atoms with Gasteiger partial charge in [0.15, 0.2) is 11.5 Å². The molecule has 138 valence electrons. The number of ether oxygens (including phenoxy) is 4. The van der Waals surface area contributed by atoms with Crippen LogP contribution < -0.4 is 34.3 Å². The molecule has 0 amide bonds. The average molecular weight is 356 g/mol. The van der Waals surface area contributed by atoms with Crippen molar-refractivity contribution in [2.45, 2.75) is 6.42 Å². The van der Waals surface area contributed by atoms with Crippen LogP contribution in [0.2, 0.25) is 0 Å². The third-order valence-electron chi connectivity index (χ3n) is 4.85. The van der Waals surface area contributed by atoms with Crippen molar-refractivity contribution in [2.24, 2.45) is 0 Å². The maximum absolute atomic E-state index is 5.75. The normalized spacial score (nSPS) is 15.7. The molecular formula is C21H26NO4+. The molecule has 1 N–H and O–H groups in total. The third-order valence-corrected chi connectivity index (χ3v) is 4.85. The summed E-state index contributed by atoms with van der Waals surface area (Å²) in [6.07, 6.45) is 3.04. The fraction of sp³-hybridized carbons (Fsp3) is 0.333. The first-order valence-corrected chi connectivity index (χ1v) is 8.61. The molecule has 1 heterocycles. The number of methoxy groups -OCH3 is 4. The molecule has 0 bridgehead atoms. The summed E-state index contributed by atoms with van der Waals surface area (Å²) in [5.74, 6) is 2.90.